The van der Waals surface area contributed by atoms with E-state index in [4.69, 9.17) is 19.2 Å². The summed E-state index contributed by atoms with van der Waals surface area (Å²) in [4.78, 5) is 36.0. The Morgan fingerprint density at radius 1 is 1.22 bits per heavy atom. The smallest absolute Gasteiger partial charge is 0.894 e. The zero-order chi connectivity index (χ0) is 7.21. The Morgan fingerprint density at radius 2 is 1.22 bits per heavy atom. The summed E-state index contributed by atoms with van der Waals surface area (Å²) in [7, 11) is -5.61. The first kappa shape index (κ1) is 16.6. The van der Waals surface area contributed by atoms with Gasteiger partial charge in [0.15, 0.2) is 0 Å². The van der Waals surface area contributed by atoms with Gasteiger partial charge in [-0.15, -0.1) is 0 Å². The van der Waals surface area contributed by atoms with E-state index in [1.54, 1.807) is 4.94 Å². The van der Waals surface area contributed by atoms with Crippen LogP contribution in [0.5, 0.6) is 0 Å². The van der Waals surface area contributed by atoms with Gasteiger partial charge in [0, 0.05) is 0 Å². The zero-order valence-electron chi connectivity index (χ0n) is 4.70. The van der Waals surface area contributed by atoms with Gasteiger partial charge in [-0.05, 0) is 0 Å². The van der Waals surface area contributed by atoms with Crippen molar-refractivity contribution >= 4 is 48.4 Å². The molecule has 0 aliphatic heterocycles. The van der Waals surface area contributed by atoms with Gasteiger partial charge in [0.05, 0.1) is 0 Å². The van der Waals surface area contributed by atoms with Crippen molar-refractivity contribution in [2.24, 2.45) is 0 Å². The molecule has 0 spiro atoms. The molecule has 0 unspecified atom stereocenters. The first-order valence-corrected chi connectivity index (χ1v) is 3.86. The second-order valence-corrected chi connectivity index (χ2v) is 2.21. The molecule has 0 heterocycles. The molecule has 0 aromatic carbocycles. The fourth-order valence-electron chi connectivity index (χ4n) is 0. The van der Waals surface area contributed by atoms with E-state index >= 15 is 0 Å². The van der Waals surface area contributed by atoms with Crippen molar-refractivity contribution in [2.45, 2.75) is 0 Å². The van der Waals surface area contributed by atoms with Gasteiger partial charge in [0.2, 0.25) is 0 Å². The van der Waals surface area contributed by atoms with Gasteiger partial charge >= 0.3 is 50.9 Å². The van der Waals surface area contributed by atoms with Gasteiger partial charge in [0.25, 0.3) is 0 Å². The molecule has 9 heavy (non-hydrogen) atoms. The second kappa shape index (κ2) is 9.10. The van der Waals surface area contributed by atoms with E-state index in [1.807, 2.05) is 0 Å². The van der Waals surface area contributed by atoms with Gasteiger partial charge in [-0.3, -0.25) is 0 Å². The molecule has 0 amide bonds. The second-order valence-electron chi connectivity index (χ2n) is 0.736. The van der Waals surface area contributed by atoms with Gasteiger partial charge in [0.1, 0.15) is 0 Å². The van der Waals surface area contributed by atoms with Crippen LogP contribution in [0.2, 0.25) is 0 Å². The maximum absolute atomic E-state index is 8.58. The van der Waals surface area contributed by atoms with Crippen LogP contribution in [0.15, 0.2) is 11.5 Å². The van der Waals surface area contributed by atoms with E-state index in [0.29, 0.717) is 0 Å². The summed E-state index contributed by atoms with van der Waals surface area (Å²) in [5, 5.41) is 0. The molecule has 0 atom stereocenters. The molecule has 44 valence electrons. The fourth-order valence-corrected chi connectivity index (χ4v) is 0. The monoisotopic (exact) mass is 170 g/mol. The average Bonchev–Trinajstić information content (AvgIpc) is 1.27. The molecule has 4 nitrogen and oxygen atoms in total. The van der Waals surface area contributed by atoms with Crippen molar-refractivity contribution in [2.75, 3.05) is 0 Å². The van der Waals surface area contributed by atoms with Crippen LogP contribution in [0.3, 0.4) is 0 Å². The number of rotatable bonds is 0. The Hall–Kier alpha value is 1.10. The van der Waals surface area contributed by atoms with E-state index in [-0.39, 0.29) is 23.1 Å². The van der Waals surface area contributed by atoms with Crippen LogP contribution in [0.1, 0.15) is 0 Å². The van der Waals surface area contributed by atoms with Crippen LogP contribution in [0.25, 0.3) is 0 Å². The van der Waals surface area contributed by atoms with Crippen molar-refractivity contribution in [3.63, 3.8) is 0 Å². The molecule has 0 aliphatic carbocycles. The van der Waals surface area contributed by atoms with E-state index in [1.165, 1.54) is 0 Å². The van der Waals surface area contributed by atoms with Gasteiger partial charge < -0.3 is 28.2 Å². The SMILES string of the molecule is C=[CH][Al+2].[Mg+2].[O-][Si]([O-])([O-])[O-]. The quantitative estimate of drug-likeness (QED) is 0.340. The molecule has 0 bridgehead atoms. The summed E-state index contributed by atoms with van der Waals surface area (Å²) in [6.45, 7) is 3.32. The van der Waals surface area contributed by atoms with Gasteiger partial charge in [-0.2, -0.15) is 0 Å². The minimum atomic E-state index is -5.61. The van der Waals surface area contributed by atoms with Crippen LogP contribution in [0.4, 0.5) is 0 Å². The molecule has 0 saturated heterocycles. The van der Waals surface area contributed by atoms with Crippen LogP contribution in [-0.4, -0.2) is 48.4 Å². The van der Waals surface area contributed by atoms with Crippen LogP contribution in [0, 0.1) is 0 Å². The van der Waals surface area contributed by atoms with Crippen LogP contribution < -0.4 is 19.2 Å². The largest absolute Gasteiger partial charge is 2.00 e. The molecule has 0 N–H and O–H groups in total. The summed E-state index contributed by atoms with van der Waals surface area (Å²) in [5.74, 6) is 0. The molecule has 0 aromatic heterocycles. The third kappa shape index (κ3) is 382. The fraction of sp³-hybridized carbons (Fsp3) is 0. The van der Waals surface area contributed by atoms with Crippen molar-refractivity contribution in [1.29, 1.82) is 0 Å². The van der Waals surface area contributed by atoms with Gasteiger partial charge in [-0.1, -0.05) is 0 Å². The summed E-state index contributed by atoms with van der Waals surface area (Å²) in [6.07, 6.45) is 0. The topological polar surface area (TPSA) is 92.2 Å². The van der Waals surface area contributed by atoms with Gasteiger partial charge in [-0.25, -0.2) is 0 Å². The molecule has 0 radical (unpaired) electrons. The van der Waals surface area contributed by atoms with Crippen LogP contribution >= 0.6 is 0 Å². The van der Waals surface area contributed by atoms with Crippen LogP contribution in [-0.2, 0) is 0 Å². The molecule has 0 aromatic rings. The number of hydrogen-bond donors (Lipinski definition) is 0. The number of hydrogen-bond acceptors (Lipinski definition) is 4. The first-order chi connectivity index (χ1) is 3.41. The molecular weight excluding hydrogens is 167 g/mol. The molecule has 0 fully saturated rings. The standard InChI is InChI=1S/C2H3.Al.Mg.O4Si/c1-2;;;1-5(2,3)4/h1H,2H2;;;/q;2*+2;-4. The summed E-state index contributed by atoms with van der Waals surface area (Å²) in [6, 6.07) is 0. The normalized spacial score (nSPS) is 8.22. The predicted molar refractivity (Wildman–Crippen MR) is 27.5 cm³/mol. The maximum atomic E-state index is 8.58. The van der Waals surface area contributed by atoms with Crippen molar-refractivity contribution in [1.82, 2.24) is 0 Å². The van der Waals surface area contributed by atoms with Crippen molar-refractivity contribution in [3.8, 4) is 0 Å². The molecule has 0 rings (SSSR count). The Bertz CT molecular complexity index is 58.1. The predicted octanol–water partition coefficient (Wildman–Crippen LogP) is -5.22. The van der Waals surface area contributed by atoms with Crippen molar-refractivity contribution < 1.29 is 19.2 Å². The summed E-state index contributed by atoms with van der Waals surface area (Å²) < 4.78 is 0. The molecule has 7 heteroatoms. The maximum Gasteiger partial charge on any atom is 2.00 e. The molecule has 0 aliphatic rings. The van der Waals surface area contributed by atoms with E-state index in [0.717, 1.165) is 0 Å². The third-order valence-corrected chi connectivity index (χ3v) is 0. The Morgan fingerprint density at radius 3 is 1.22 bits per heavy atom. The molecule has 0 saturated carbocycles. The third-order valence-electron chi connectivity index (χ3n) is 0. The molecular formula is C2H3AlMgO4Si. The Labute approximate surface area is 78.9 Å². The average molecular weight is 170 g/mol. The van der Waals surface area contributed by atoms with Crippen molar-refractivity contribution in [3.05, 3.63) is 11.5 Å². The minimum absolute atomic E-state index is 0. The minimum Gasteiger partial charge on any atom is -0.894 e. The van der Waals surface area contributed by atoms with E-state index in [9.17, 15) is 0 Å². The van der Waals surface area contributed by atoms with E-state index in [2.05, 4.69) is 22.9 Å². The Kier molecular flexibility index (Phi) is 16.8. The summed E-state index contributed by atoms with van der Waals surface area (Å²) in [5.41, 5.74) is 0. The van der Waals surface area contributed by atoms with E-state index < -0.39 is 9.05 Å². The Balaban J connectivity index is -0.0000000800. The summed E-state index contributed by atoms with van der Waals surface area (Å²) >= 11 is 2.34. The first-order valence-electron chi connectivity index (χ1n) is 1.56. The zero-order valence-corrected chi connectivity index (χ0v) is 8.27.